The summed E-state index contributed by atoms with van der Waals surface area (Å²) in [5.41, 5.74) is 5.85. The Kier molecular flexibility index (Phi) is 5.33. The van der Waals surface area contributed by atoms with Crippen molar-refractivity contribution in [2.75, 3.05) is 5.73 Å². The molecule has 6 heteroatoms. The van der Waals surface area contributed by atoms with Gasteiger partial charge in [-0.3, -0.25) is 0 Å². The van der Waals surface area contributed by atoms with E-state index in [9.17, 15) is 8.42 Å². The van der Waals surface area contributed by atoms with Crippen LogP contribution in [0.15, 0.2) is 64.0 Å². The Morgan fingerprint density at radius 3 is 1.72 bits per heavy atom. The molecule has 0 aliphatic rings. The second-order valence-electron chi connectivity index (χ2n) is 3.41. The number of anilines is 1. The minimum Gasteiger partial charge on any atom is -0.399 e. The molecule has 0 unspecified atom stereocenters. The third kappa shape index (κ3) is 5.31. The normalized spacial score (nSPS) is 10.3. The first-order valence-electron chi connectivity index (χ1n) is 4.98. The lowest BCUT2D eigenvalue weighted by Crippen LogP contribution is -2.11. The Labute approximate surface area is 115 Å². The van der Waals surface area contributed by atoms with Crippen LogP contribution in [0.1, 0.15) is 0 Å². The fraction of sp³-hybridized carbons (Fsp3) is 0. The van der Waals surface area contributed by atoms with Crippen LogP contribution in [0.5, 0.6) is 0 Å². The average molecular weight is 329 g/mol. The summed E-state index contributed by atoms with van der Waals surface area (Å²) in [4.78, 5) is 0.0756. The fourth-order valence-corrected chi connectivity index (χ4v) is 1.89. The van der Waals surface area contributed by atoms with Crippen molar-refractivity contribution in [1.29, 1.82) is 0 Å². The van der Waals surface area contributed by atoms with Crippen molar-refractivity contribution < 1.29 is 8.42 Å². The van der Waals surface area contributed by atoms with Crippen LogP contribution in [0, 0.1) is 0 Å². The quantitative estimate of drug-likeness (QED) is 0.788. The molecule has 0 saturated carbocycles. The molecule has 0 atom stereocenters. The highest BCUT2D eigenvalue weighted by atomic mass is 79.9. The van der Waals surface area contributed by atoms with Gasteiger partial charge in [0.2, 0.25) is 10.0 Å². The highest BCUT2D eigenvalue weighted by Gasteiger charge is 2.04. The zero-order valence-corrected chi connectivity index (χ0v) is 11.9. The predicted molar refractivity (Wildman–Crippen MR) is 76.4 cm³/mol. The summed E-state index contributed by atoms with van der Waals surface area (Å²) in [6.07, 6.45) is 0. The molecule has 96 valence electrons. The van der Waals surface area contributed by atoms with E-state index in [1.807, 2.05) is 30.3 Å². The first-order chi connectivity index (χ1) is 8.39. The molecular formula is C12H13BrN2O2S. The summed E-state index contributed by atoms with van der Waals surface area (Å²) in [6.45, 7) is 0. The number of hydrogen-bond acceptors (Lipinski definition) is 3. The van der Waals surface area contributed by atoms with Gasteiger partial charge in [-0.15, -0.1) is 0 Å². The van der Waals surface area contributed by atoms with Gasteiger partial charge in [0.15, 0.2) is 0 Å². The van der Waals surface area contributed by atoms with Gasteiger partial charge in [0.05, 0.1) is 4.90 Å². The molecule has 4 nitrogen and oxygen atoms in total. The van der Waals surface area contributed by atoms with Crippen molar-refractivity contribution >= 4 is 31.6 Å². The third-order valence-electron chi connectivity index (χ3n) is 1.94. The van der Waals surface area contributed by atoms with E-state index in [2.05, 4.69) is 15.9 Å². The van der Waals surface area contributed by atoms with Crippen molar-refractivity contribution in [2.24, 2.45) is 5.14 Å². The number of benzene rings is 2. The van der Waals surface area contributed by atoms with Gasteiger partial charge in [-0.05, 0) is 36.4 Å². The molecule has 2 aromatic rings. The van der Waals surface area contributed by atoms with Crippen molar-refractivity contribution in [2.45, 2.75) is 4.90 Å². The number of rotatable bonds is 1. The zero-order chi connectivity index (χ0) is 13.6. The molecule has 4 N–H and O–H groups in total. The van der Waals surface area contributed by atoms with E-state index >= 15 is 0 Å². The van der Waals surface area contributed by atoms with Gasteiger partial charge in [-0.1, -0.05) is 34.1 Å². The average Bonchev–Trinajstić information content (AvgIpc) is 2.30. The van der Waals surface area contributed by atoms with E-state index < -0.39 is 10.0 Å². The summed E-state index contributed by atoms with van der Waals surface area (Å²) in [7, 11) is -3.58. The van der Waals surface area contributed by atoms with Gasteiger partial charge in [0.25, 0.3) is 0 Å². The van der Waals surface area contributed by atoms with Crippen LogP contribution in [0.2, 0.25) is 0 Å². The first kappa shape index (κ1) is 14.7. The van der Waals surface area contributed by atoms with Gasteiger partial charge in [-0.2, -0.15) is 0 Å². The Morgan fingerprint density at radius 1 is 0.889 bits per heavy atom. The summed E-state index contributed by atoms with van der Waals surface area (Å²) in [6, 6.07) is 15.7. The fourth-order valence-electron chi connectivity index (χ4n) is 1.07. The van der Waals surface area contributed by atoms with E-state index in [-0.39, 0.29) is 4.90 Å². The monoisotopic (exact) mass is 328 g/mol. The second kappa shape index (κ2) is 6.53. The summed E-state index contributed by atoms with van der Waals surface area (Å²) in [5, 5.41) is 4.84. The third-order valence-corrected chi connectivity index (χ3v) is 3.40. The van der Waals surface area contributed by atoms with Crippen molar-refractivity contribution in [3.05, 3.63) is 59.1 Å². The molecule has 0 fully saturated rings. The lowest BCUT2D eigenvalue weighted by molar-refractivity contribution is 0.598. The van der Waals surface area contributed by atoms with Crippen LogP contribution in [0.25, 0.3) is 0 Å². The number of hydrogen-bond donors (Lipinski definition) is 2. The van der Waals surface area contributed by atoms with E-state index in [0.717, 1.165) is 4.47 Å². The topological polar surface area (TPSA) is 86.2 Å². The minimum absolute atomic E-state index is 0.0756. The van der Waals surface area contributed by atoms with Crippen LogP contribution in [-0.2, 0) is 10.0 Å². The van der Waals surface area contributed by atoms with Crippen molar-refractivity contribution in [1.82, 2.24) is 0 Å². The Hall–Kier alpha value is -1.37. The van der Waals surface area contributed by atoms with E-state index in [1.54, 1.807) is 0 Å². The molecule has 0 radical (unpaired) electrons. The van der Waals surface area contributed by atoms with Gasteiger partial charge < -0.3 is 5.73 Å². The number of primary sulfonamides is 1. The number of halogens is 1. The molecule has 2 aromatic carbocycles. The van der Waals surface area contributed by atoms with Gasteiger partial charge >= 0.3 is 0 Å². The minimum atomic E-state index is -3.58. The Bertz CT molecular complexity index is 583. The SMILES string of the molecule is Brc1ccccc1.Nc1ccc(S(N)(=O)=O)cc1. The maximum absolute atomic E-state index is 10.7. The predicted octanol–water partition coefficient (Wildman–Crippen LogP) is 2.37. The molecule has 0 spiro atoms. The summed E-state index contributed by atoms with van der Waals surface area (Å²) >= 11 is 3.31. The van der Waals surface area contributed by atoms with Crippen LogP contribution in [-0.4, -0.2) is 8.42 Å². The molecule has 0 aliphatic carbocycles. The lowest BCUT2D eigenvalue weighted by Gasteiger charge is -1.96. The molecule has 0 heterocycles. The van der Waals surface area contributed by atoms with Crippen LogP contribution in [0.3, 0.4) is 0 Å². The van der Waals surface area contributed by atoms with E-state index in [4.69, 9.17) is 10.9 Å². The summed E-state index contributed by atoms with van der Waals surface area (Å²) < 4.78 is 22.5. The highest BCUT2D eigenvalue weighted by Crippen LogP contribution is 2.08. The molecule has 0 amide bonds. The molecule has 0 bridgehead atoms. The standard InChI is InChI=1S/C6H5Br.C6H8N2O2S/c7-6-4-2-1-3-5-6;7-5-1-3-6(4-2-5)11(8,9)10/h1-5H;1-4H,7H2,(H2,8,9,10). The molecular weight excluding hydrogens is 316 g/mol. The van der Waals surface area contributed by atoms with Gasteiger partial charge in [-0.25, -0.2) is 13.6 Å². The van der Waals surface area contributed by atoms with E-state index in [1.165, 1.54) is 24.3 Å². The maximum atomic E-state index is 10.7. The van der Waals surface area contributed by atoms with E-state index in [0.29, 0.717) is 5.69 Å². The Morgan fingerprint density at radius 2 is 1.39 bits per heavy atom. The summed E-state index contributed by atoms with van der Waals surface area (Å²) in [5.74, 6) is 0. The second-order valence-corrected chi connectivity index (χ2v) is 5.89. The van der Waals surface area contributed by atoms with Crippen molar-refractivity contribution in [3.63, 3.8) is 0 Å². The lowest BCUT2D eigenvalue weighted by atomic mass is 10.3. The van der Waals surface area contributed by atoms with Crippen LogP contribution >= 0.6 is 15.9 Å². The largest absolute Gasteiger partial charge is 0.399 e. The number of nitrogens with two attached hydrogens (primary N) is 2. The molecule has 0 aliphatic heterocycles. The highest BCUT2D eigenvalue weighted by molar-refractivity contribution is 9.10. The molecule has 0 aromatic heterocycles. The molecule has 18 heavy (non-hydrogen) atoms. The zero-order valence-electron chi connectivity index (χ0n) is 9.45. The van der Waals surface area contributed by atoms with Gasteiger partial charge in [0.1, 0.15) is 0 Å². The number of sulfonamides is 1. The molecule has 2 rings (SSSR count). The first-order valence-corrected chi connectivity index (χ1v) is 7.32. The maximum Gasteiger partial charge on any atom is 0.238 e. The van der Waals surface area contributed by atoms with Crippen LogP contribution in [0.4, 0.5) is 5.69 Å². The van der Waals surface area contributed by atoms with Crippen molar-refractivity contribution in [3.8, 4) is 0 Å². The van der Waals surface area contributed by atoms with Gasteiger partial charge in [0, 0.05) is 10.2 Å². The smallest absolute Gasteiger partial charge is 0.238 e. The Balaban J connectivity index is 0.000000199. The van der Waals surface area contributed by atoms with Crippen LogP contribution < -0.4 is 10.9 Å². The number of nitrogen functional groups attached to an aromatic ring is 1. The molecule has 0 saturated heterocycles.